The molecule has 0 radical (unpaired) electrons. The van der Waals surface area contributed by atoms with E-state index in [4.69, 9.17) is 18.9 Å². The fourth-order valence-corrected chi connectivity index (χ4v) is 6.15. The molecule has 6 rings (SSSR count). The number of aryl methyl sites for hydroxylation is 2. The fourth-order valence-electron chi connectivity index (χ4n) is 6.15. The van der Waals surface area contributed by atoms with Gasteiger partial charge in [0.05, 0.1) is 20.8 Å². The second-order valence-electron chi connectivity index (χ2n) is 12.2. The number of Topliss-reactive ketones (excluding diaryl/α,β-unsaturated/α-hetero) is 1. The standard InChI is InChI=1S/C22H24F2O5.C18H18O3/c1-3-28-20(25)22(23,24)21(26)12-4-5-16-13-18(10-11-19(16)21)29-14-15-6-8-17(27-2)9-7-15;1-20-15-7-5-13(6-8-15)12-21-16-9-10-17-14(11-16)3-2-4-18(17)19/h6-11,13,26H,3-5,12,14H2,1-2H3;5-11H,2-4,12H2,1H3. The van der Waals surface area contributed by atoms with Crippen LogP contribution in [0.2, 0.25) is 0 Å². The number of benzene rings is 4. The maximum atomic E-state index is 14.7. The highest BCUT2D eigenvalue weighted by Gasteiger charge is 2.61. The monoisotopic (exact) mass is 688 g/mol. The van der Waals surface area contributed by atoms with Crippen molar-refractivity contribution in [2.75, 3.05) is 20.8 Å². The van der Waals surface area contributed by atoms with Gasteiger partial charge in [-0.1, -0.05) is 30.3 Å². The van der Waals surface area contributed by atoms with E-state index in [0.29, 0.717) is 43.8 Å². The third-order valence-electron chi connectivity index (χ3n) is 8.91. The number of fused-ring (bicyclic) bond motifs is 2. The Morgan fingerprint density at radius 3 is 1.82 bits per heavy atom. The molecular formula is C40H42F2O8. The SMILES string of the molecule is CCOC(=O)C(F)(F)C1(O)CCCc2cc(OCc3ccc(OC)cc3)ccc21.COc1ccc(COc2ccc3c(c2)CCCC3=O)cc1. The zero-order valence-corrected chi connectivity index (χ0v) is 28.5. The van der Waals surface area contributed by atoms with Crippen LogP contribution in [0.25, 0.3) is 0 Å². The first-order valence-corrected chi connectivity index (χ1v) is 16.7. The fraction of sp³-hybridized carbons (Fsp3) is 0.350. The van der Waals surface area contributed by atoms with Crippen molar-refractivity contribution in [2.45, 2.75) is 70.2 Å². The molecule has 2 aliphatic carbocycles. The Bertz CT molecular complexity index is 1770. The molecule has 0 spiro atoms. The summed E-state index contributed by atoms with van der Waals surface area (Å²) in [7, 11) is 3.24. The van der Waals surface area contributed by atoms with Gasteiger partial charge in [-0.25, -0.2) is 4.79 Å². The predicted molar refractivity (Wildman–Crippen MR) is 183 cm³/mol. The smallest absolute Gasteiger partial charge is 0.380 e. The lowest BCUT2D eigenvalue weighted by atomic mass is 9.75. The van der Waals surface area contributed by atoms with Gasteiger partial charge < -0.3 is 28.8 Å². The van der Waals surface area contributed by atoms with Crippen molar-refractivity contribution in [3.05, 3.63) is 118 Å². The molecule has 10 heteroatoms. The van der Waals surface area contributed by atoms with Gasteiger partial charge in [0.2, 0.25) is 0 Å². The molecule has 4 aromatic carbocycles. The summed E-state index contributed by atoms with van der Waals surface area (Å²) in [5, 5.41) is 10.8. The summed E-state index contributed by atoms with van der Waals surface area (Å²) >= 11 is 0. The van der Waals surface area contributed by atoms with E-state index in [2.05, 4.69) is 4.74 Å². The molecule has 1 atom stereocenters. The van der Waals surface area contributed by atoms with Crippen molar-refractivity contribution in [3.63, 3.8) is 0 Å². The number of esters is 1. The highest BCUT2D eigenvalue weighted by atomic mass is 19.3. The van der Waals surface area contributed by atoms with E-state index in [0.717, 1.165) is 52.3 Å². The number of aliphatic hydroxyl groups is 1. The van der Waals surface area contributed by atoms with Crippen LogP contribution in [0.4, 0.5) is 8.78 Å². The Morgan fingerprint density at radius 2 is 1.26 bits per heavy atom. The van der Waals surface area contributed by atoms with Gasteiger partial charge in [0.25, 0.3) is 0 Å². The van der Waals surface area contributed by atoms with Gasteiger partial charge in [-0.05, 0) is 121 Å². The summed E-state index contributed by atoms with van der Waals surface area (Å²) in [5.41, 5.74) is 1.96. The second kappa shape index (κ2) is 16.2. The number of halogens is 2. The molecule has 264 valence electrons. The Hall–Kier alpha value is -4.96. The largest absolute Gasteiger partial charge is 0.497 e. The van der Waals surface area contributed by atoms with Gasteiger partial charge >= 0.3 is 11.9 Å². The van der Waals surface area contributed by atoms with E-state index >= 15 is 0 Å². The van der Waals surface area contributed by atoms with Crippen LogP contribution in [-0.2, 0) is 41.2 Å². The van der Waals surface area contributed by atoms with Gasteiger partial charge in [0, 0.05) is 12.0 Å². The van der Waals surface area contributed by atoms with E-state index in [1.54, 1.807) is 20.3 Å². The van der Waals surface area contributed by atoms with Gasteiger partial charge in [0.1, 0.15) is 36.2 Å². The van der Waals surface area contributed by atoms with Gasteiger partial charge in [-0.15, -0.1) is 0 Å². The van der Waals surface area contributed by atoms with Crippen LogP contribution in [0.5, 0.6) is 23.0 Å². The van der Waals surface area contributed by atoms with Crippen LogP contribution in [0.3, 0.4) is 0 Å². The third-order valence-corrected chi connectivity index (χ3v) is 8.91. The van der Waals surface area contributed by atoms with E-state index in [9.17, 15) is 23.5 Å². The zero-order valence-electron chi connectivity index (χ0n) is 28.5. The first kappa shape index (κ1) is 36.3. The normalized spacial score (nSPS) is 16.6. The third kappa shape index (κ3) is 8.25. The quantitative estimate of drug-likeness (QED) is 0.160. The van der Waals surface area contributed by atoms with Crippen LogP contribution in [0.15, 0.2) is 84.9 Å². The summed E-state index contributed by atoms with van der Waals surface area (Å²) in [5.74, 6) is -2.60. The minimum atomic E-state index is -4.04. The maximum Gasteiger partial charge on any atom is 0.380 e. The Kier molecular flexibility index (Phi) is 11.7. The first-order valence-electron chi connectivity index (χ1n) is 16.7. The van der Waals surface area contributed by atoms with E-state index in [1.165, 1.54) is 19.1 Å². The maximum absolute atomic E-state index is 14.7. The highest BCUT2D eigenvalue weighted by molar-refractivity contribution is 5.98. The number of rotatable bonds is 11. The highest BCUT2D eigenvalue weighted by Crippen LogP contribution is 2.47. The predicted octanol–water partition coefficient (Wildman–Crippen LogP) is 7.79. The number of ketones is 1. The van der Waals surface area contributed by atoms with Crippen molar-refractivity contribution >= 4 is 11.8 Å². The zero-order chi connectivity index (χ0) is 35.7. The molecule has 50 heavy (non-hydrogen) atoms. The van der Waals surface area contributed by atoms with E-state index in [1.807, 2.05) is 66.7 Å². The molecule has 0 aliphatic heterocycles. The Balaban J connectivity index is 0.000000204. The molecule has 1 unspecified atom stereocenters. The minimum absolute atomic E-state index is 0.0404. The molecule has 0 bridgehead atoms. The molecule has 0 heterocycles. The van der Waals surface area contributed by atoms with Crippen LogP contribution in [0.1, 0.15) is 70.8 Å². The lowest BCUT2D eigenvalue weighted by Gasteiger charge is -2.38. The molecule has 2 aliphatic rings. The summed E-state index contributed by atoms with van der Waals surface area (Å²) in [6.07, 6.45) is 3.17. The van der Waals surface area contributed by atoms with E-state index in [-0.39, 0.29) is 24.4 Å². The van der Waals surface area contributed by atoms with Crippen LogP contribution >= 0.6 is 0 Å². The number of alkyl halides is 2. The average Bonchev–Trinajstić information content (AvgIpc) is 3.14. The lowest BCUT2D eigenvalue weighted by Crippen LogP contribution is -2.53. The molecule has 0 fully saturated rings. The topological polar surface area (TPSA) is 101 Å². The molecule has 0 saturated carbocycles. The Labute approximate surface area is 290 Å². The second-order valence-corrected chi connectivity index (χ2v) is 12.2. The number of hydrogen-bond acceptors (Lipinski definition) is 8. The van der Waals surface area contributed by atoms with Crippen molar-refractivity contribution in [1.29, 1.82) is 0 Å². The van der Waals surface area contributed by atoms with Crippen molar-refractivity contribution < 1.29 is 47.2 Å². The summed E-state index contributed by atoms with van der Waals surface area (Å²) in [6, 6.07) is 25.5. The number of carbonyl (C=O) groups is 2. The van der Waals surface area contributed by atoms with Gasteiger partial charge in [-0.2, -0.15) is 8.78 Å². The number of ether oxygens (including phenoxy) is 5. The minimum Gasteiger partial charge on any atom is -0.497 e. The molecule has 8 nitrogen and oxygen atoms in total. The summed E-state index contributed by atoms with van der Waals surface area (Å²) < 4.78 is 55.8. The molecular weight excluding hydrogens is 646 g/mol. The number of hydrogen-bond donors (Lipinski definition) is 1. The molecule has 0 amide bonds. The van der Waals surface area contributed by atoms with Crippen LogP contribution < -0.4 is 18.9 Å². The first-order chi connectivity index (χ1) is 24.1. The van der Waals surface area contributed by atoms with Gasteiger partial charge in [0.15, 0.2) is 11.4 Å². The van der Waals surface area contributed by atoms with Crippen LogP contribution in [-0.4, -0.2) is 43.6 Å². The van der Waals surface area contributed by atoms with Gasteiger partial charge in [-0.3, -0.25) is 4.79 Å². The van der Waals surface area contributed by atoms with Crippen LogP contribution in [0, 0.1) is 0 Å². The molecule has 0 aromatic heterocycles. The molecule has 0 saturated heterocycles. The van der Waals surface area contributed by atoms with Crippen molar-refractivity contribution in [1.82, 2.24) is 0 Å². The average molecular weight is 689 g/mol. The number of methoxy groups -OCH3 is 2. The molecule has 4 aromatic rings. The molecule has 1 N–H and O–H groups in total. The lowest BCUT2D eigenvalue weighted by molar-refractivity contribution is -0.220. The van der Waals surface area contributed by atoms with Crippen molar-refractivity contribution in [2.24, 2.45) is 0 Å². The Morgan fingerprint density at radius 1 is 0.740 bits per heavy atom. The summed E-state index contributed by atoms with van der Waals surface area (Å²) in [4.78, 5) is 23.6. The summed E-state index contributed by atoms with van der Waals surface area (Å²) in [6.45, 7) is 2.07. The number of carbonyl (C=O) groups excluding carboxylic acids is 2. The van der Waals surface area contributed by atoms with Crippen molar-refractivity contribution in [3.8, 4) is 23.0 Å². The van der Waals surface area contributed by atoms with E-state index < -0.39 is 17.5 Å².